The second-order valence-corrected chi connectivity index (χ2v) is 4.26. The summed E-state index contributed by atoms with van der Waals surface area (Å²) in [5.41, 5.74) is 4.05. The molecular formula is C10H20N2O7S. The molecule has 1 rings (SSSR count). The van der Waals surface area contributed by atoms with Gasteiger partial charge in [0.15, 0.2) is 0 Å². The zero-order chi connectivity index (χ0) is 14.7. The minimum Gasteiger partial charge on any atom is -0.412 e. The maximum atomic E-state index is 8.78. The molecular weight excluding hydrogens is 292 g/mol. The summed E-state index contributed by atoms with van der Waals surface area (Å²) in [7, 11) is -4.67. The van der Waals surface area contributed by atoms with Crippen LogP contribution >= 0.6 is 0 Å². The third kappa shape index (κ3) is 14.8. The highest BCUT2D eigenvalue weighted by molar-refractivity contribution is 7.79. The van der Waals surface area contributed by atoms with E-state index in [0.29, 0.717) is 13.1 Å². The first-order valence-corrected chi connectivity index (χ1v) is 6.74. The number of aliphatic hydroxyl groups is 2. The van der Waals surface area contributed by atoms with Gasteiger partial charge in [-0.2, -0.15) is 8.42 Å². The molecule has 20 heavy (non-hydrogen) atoms. The van der Waals surface area contributed by atoms with Crippen LogP contribution in [0.25, 0.3) is 0 Å². The lowest BCUT2D eigenvalue weighted by Gasteiger charge is -2.22. The van der Waals surface area contributed by atoms with Crippen molar-refractivity contribution in [2.45, 2.75) is 0 Å². The first-order chi connectivity index (χ1) is 8.86. The highest BCUT2D eigenvalue weighted by Gasteiger charge is 2.01. The third-order valence-electron chi connectivity index (χ3n) is 1.80. The molecule has 0 radical (unpaired) electrons. The zero-order valence-corrected chi connectivity index (χ0v) is 11.5. The molecule has 0 amide bonds. The second-order valence-electron chi connectivity index (χ2n) is 3.36. The van der Waals surface area contributed by atoms with Crippen LogP contribution in [-0.2, 0) is 10.4 Å². The number of nitrogens with one attached hydrogen (secondary N) is 1. The number of nitrogens with zero attached hydrogens (tertiary/aromatic N) is 1. The van der Waals surface area contributed by atoms with Crippen LogP contribution in [0.5, 0.6) is 0 Å². The first-order valence-electron chi connectivity index (χ1n) is 5.35. The Balaban J connectivity index is 0. The van der Waals surface area contributed by atoms with Crippen molar-refractivity contribution >= 4 is 16.1 Å². The van der Waals surface area contributed by atoms with Crippen LogP contribution in [0, 0.1) is 0 Å². The van der Waals surface area contributed by atoms with E-state index < -0.39 is 10.4 Å². The van der Waals surface area contributed by atoms with E-state index in [1.54, 1.807) is 5.01 Å². The van der Waals surface area contributed by atoms with Gasteiger partial charge in [-0.15, -0.1) is 0 Å². The number of para-hydroxylation sites is 1. The second kappa shape index (κ2) is 11.5. The molecule has 0 heterocycles. The monoisotopic (exact) mass is 312 g/mol. The molecule has 0 fully saturated rings. The molecule has 0 aromatic heterocycles. The standard InChI is InChI=1S/C10H16N2O2.H2O4S.H2O/c13-8-6-12(7-9-14)11-10-4-2-1-3-5-10;1-5(2,3)4;/h1-5,11,13-14H,6-9H2;(H2,1,2,3,4);1H2. The van der Waals surface area contributed by atoms with Crippen LogP contribution in [0.2, 0.25) is 0 Å². The molecule has 7 N–H and O–H groups in total. The normalized spacial score (nSPS) is 10.2. The van der Waals surface area contributed by atoms with Gasteiger partial charge in [0, 0.05) is 18.8 Å². The predicted octanol–water partition coefficient (Wildman–Crippen LogP) is -1.18. The van der Waals surface area contributed by atoms with Gasteiger partial charge >= 0.3 is 10.4 Å². The van der Waals surface area contributed by atoms with E-state index in [9.17, 15) is 0 Å². The Morgan fingerprint density at radius 1 is 1.00 bits per heavy atom. The molecule has 0 aliphatic carbocycles. The molecule has 0 atom stereocenters. The maximum absolute atomic E-state index is 8.78. The van der Waals surface area contributed by atoms with E-state index in [4.69, 9.17) is 27.7 Å². The predicted molar refractivity (Wildman–Crippen MR) is 73.6 cm³/mol. The van der Waals surface area contributed by atoms with Crippen LogP contribution in [0.15, 0.2) is 30.3 Å². The van der Waals surface area contributed by atoms with Crippen molar-refractivity contribution in [1.82, 2.24) is 5.01 Å². The van der Waals surface area contributed by atoms with Gasteiger partial charge in [0.25, 0.3) is 0 Å². The minimum absolute atomic E-state index is 0. The quantitative estimate of drug-likeness (QED) is 0.324. The van der Waals surface area contributed by atoms with E-state index in [1.807, 2.05) is 30.3 Å². The fraction of sp³-hybridized carbons (Fsp3) is 0.400. The molecule has 0 bridgehead atoms. The first kappa shape index (κ1) is 21.0. The van der Waals surface area contributed by atoms with E-state index in [-0.39, 0.29) is 18.7 Å². The number of anilines is 1. The van der Waals surface area contributed by atoms with Crippen LogP contribution in [0.3, 0.4) is 0 Å². The fourth-order valence-electron chi connectivity index (χ4n) is 1.16. The van der Waals surface area contributed by atoms with Gasteiger partial charge < -0.3 is 21.1 Å². The summed E-state index contributed by atoms with van der Waals surface area (Å²) in [5.74, 6) is 0. The maximum Gasteiger partial charge on any atom is 0.394 e. The van der Waals surface area contributed by atoms with E-state index >= 15 is 0 Å². The summed E-state index contributed by atoms with van der Waals surface area (Å²) >= 11 is 0. The Labute approximate surface area is 117 Å². The third-order valence-corrected chi connectivity index (χ3v) is 1.80. The summed E-state index contributed by atoms with van der Waals surface area (Å²) in [6, 6.07) is 9.66. The van der Waals surface area contributed by atoms with Crippen molar-refractivity contribution in [2.24, 2.45) is 0 Å². The molecule has 10 heteroatoms. The average molecular weight is 312 g/mol. The van der Waals surface area contributed by atoms with Crippen LogP contribution in [-0.4, -0.2) is 64.5 Å². The Hall–Kier alpha value is -1.27. The van der Waals surface area contributed by atoms with Crippen molar-refractivity contribution < 1.29 is 33.2 Å². The fourth-order valence-corrected chi connectivity index (χ4v) is 1.16. The van der Waals surface area contributed by atoms with Gasteiger partial charge in [-0.1, -0.05) is 18.2 Å². The lowest BCUT2D eigenvalue weighted by Crippen LogP contribution is -2.35. The van der Waals surface area contributed by atoms with Crippen molar-refractivity contribution in [3.05, 3.63) is 30.3 Å². The van der Waals surface area contributed by atoms with Gasteiger partial charge in [-0.3, -0.25) is 9.11 Å². The van der Waals surface area contributed by atoms with Crippen molar-refractivity contribution in [1.29, 1.82) is 0 Å². The summed E-state index contributed by atoms with van der Waals surface area (Å²) in [4.78, 5) is 0. The van der Waals surface area contributed by atoms with Gasteiger partial charge in [0.1, 0.15) is 0 Å². The van der Waals surface area contributed by atoms with E-state index in [0.717, 1.165) is 5.69 Å². The Morgan fingerprint density at radius 3 is 1.75 bits per heavy atom. The number of rotatable bonds is 6. The molecule has 0 aliphatic heterocycles. The molecule has 118 valence electrons. The van der Waals surface area contributed by atoms with Crippen molar-refractivity contribution in [3.8, 4) is 0 Å². The number of hydrogen-bond acceptors (Lipinski definition) is 6. The lowest BCUT2D eigenvalue weighted by atomic mass is 10.3. The van der Waals surface area contributed by atoms with E-state index in [1.165, 1.54) is 0 Å². The summed E-state index contributed by atoms with van der Waals surface area (Å²) in [5, 5.41) is 19.3. The largest absolute Gasteiger partial charge is 0.412 e. The Kier molecular flexibility index (Phi) is 12.1. The van der Waals surface area contributed by atoms with Crippen LogP contribution < -0.4 is 5.43 Å². The number of hydrogen-bond donors (Lipinski definition) is 5. The molecule has 0 unspecified atom stereocenters. The van der Waals surface area contributed by atoms with Crippen molar-refractivity contribution in [3.63, 3.8) is 0 Å². The van der Waals surface area contributed by atoms with Gasteiger partial charge in [-0.05, 0) is 12.1 Å². The molecule has 1 aromatic carbocycles. The smallest absolute Gasteiger partial charge is 0.394 e. The summed E-state index contributed by atoms with van der Waals surface area (Å²) < 4.78 is 31.6. The highest BCUT2D eigenvalue weighted by atomic mass is 32.3. The minimum atomic E-state index is -4.67. The number of benzene rings is 1. The van der Waals surface area contributed by atoms with Crippen LogP contribution in [0.1, 0.15) is 0 Å². The average Bonchev–Trinajstić information content (AvgIpc) is 2.29. The van der Waals surface area contributed by atoms with Crippen LogP contribution in [0.4, 0.5) is 5.69 Å². The molecule has 0 saturated heterocycles. The molecule has 9 nitrogen and oxygen atoms in total. The SMILES string of the molecule is O.O=S(=O)(O)O.OCCN(CCO)Nc1ccccc1. The Morgan fingerprint density at radius 2 is 1.40 bits per heavy atom. The number of hydrazine groups is 1. The van der Waals surface area contributed by atoms with Gasteiger partial charge in [-0.25, -0.2) is 5.01 Å². The number of aliphatic hydroxyl groups excluding tert-OH is 2. The van der Waals surface area contributed by atoms with Gasteiger partial charge in [0.05, 0.1) is 13.2 Å². The summed E-state index contributed by atoms with van der Waals surface area (Å²) in [6.45, 7) is 1.13. The molecule has 1 aromatic rings. The Bertz CT molecular complexity index is 412. The molecule has 0 saturated carbocycles. The topological polar surface area (TPSA) is 162 Å². The highest BCUT2D eigenvalue weighted by Crippen LogP contribution is 2.05. The van der Waals surface area contributed by atoms with Crippen molar-refractivity contribution in [2.75, 3.05) is 31.7 Å². The lowest BCUT2D eigenvalue weighted by molar-refractivity contribution is 0.183. The van der Waals surface area contributed by atoms with E-state index in [2.05, 4.69) is 5.43 Å². The molecule has 0 aliphatic rings. The molecule has 0 spiro atoms. The van der Waals surface area contributed by atoms with Gasteiger partial charge in [0.2, 0.25) is 0 Å². The summed E-state index contributed by atoms with van der Waals surface area (Å²) in [6.07, 6.45) is 0. The zero-order valence-electron chi connectivity index (χ0n) is 10.7.